The molecule has 0 amide bonds. The molecule has 1 fully saturated rings. The monoisotopic (exact) mass is 261 g/mol. The van der Waals surface area contributed by atoms with E-state index < -0.39 is 0 Å². The molecule has 104 valence electrons. The van der Waals surface area contributed by atoms with Gasteiger partial charge >= 0.3 is 0 Å². The molecule has 0 radical (unpaired) electrons. The Labute approximate surface area is 115 Å². The Bertz CT molecular complexity index is 431. The van der Waals surface area contributed by atoms with Crippen molar-refractivity contribution in [2.24, 2.45) is 5.92 Å². The van der Waals surface area contributed by atoms with Crippen LogP contribution >= 0.6 is 0 Å². The zero-order valence-corrected chi connectivity index (χ0v) is 11.9. The Hall–Kier alpha value is -1.35. The first-order valence-corrected chi connectivity index (χ1v) is 7.11. The molecule has 1 heterocycles. The van der Waals surface area contributed by atoms with Crippen molar-refractivity contribution in [1.82, 2.24) is 4.90 Å². The molecule has 0 spiro atoms. The molecule has 3 heteroatoms. The third-order valence-electron chi connectivity index (χ3n) is 3.66. The summed E-state index contributed by atoms with van der Waals surface area (Å²) in [5.74, 6) is 1.67. The molecule has 0 aromatic heterocycles. The van der Waals surface area contributed by atoms with Crippen LogP contribution in [0.1, 0.15) is 37.0 Å². The van der Waals surface area contributed by atoms with Crippen molar-refractivity contribution in [3.05, 3.63) is 29.8 Å². The highest BCUT2D eigenvalue weighted by molar-refractivity contribution is 5.94. The number of nitrogens with zero attached hydrogens (tertiary/aromatic N) is 1. The second-order valence-electron chi connectivity index (χ2n) is 5.48. The van der Waals surface area contributed by atoms with Gasteiger partial charge in [-0.05, 0) is 44.4 Å². The van der Waals surface area contributed by atoms with E-state index in [1.807, 2.05) is 24.3 Å². The number of ketones is 1. The second kappa shape index (κ2) is 6.71. The number of hydrogen-bond donors (Lipinski definition) is 0. The first-order valence-electron chi connectivity index (χ1n) is 7.11. The van der Waals surface area contributed by atoms with Crippen LogP contribution in [0.4, 0.5) is 0 Å². The number of piperidine rings is 1. The topological polar surface area (TPSA) is 29.5 Å². The lowest BCUT2D eigenvalue weighted by molar-refractivity contribution is 0.101. The van der Waals surface area contributed by atoms with Gasteiger partial charge < -0.3 is 4.74 Å². The lowest BCUT2D eigenvalue weighted by Crippen LogP contribution is -2.37. The Morgan fingerprint density at radius 2 is 2.32 bits per heavy atom. The van der Waals surface area contributed by atoms with E-state index in [4.69, 9.17) is 4.74 Å². The Kier molecular flexibility index (Phi) is 4.97. The molecule has 0 bridgehead atoms. The Morgan fingerprint density at radius 3 is 3.05 bits per heavy atom. The second-order valence-corrected chi connectivity index (χ2v) is 5.48. The molecule has 0 saturated carbocycles. The first-order chi connectivity index (χ1) is 9.15. The van der Waals surface area contributed by atoms with Crippen molar-refractivity contribution in [1.29, 1.82) is 0 Å². The van der Waals surface area contributed by atoms with Gasteiger partial charge in [0.2, 0.25) is 0 Å². The van der Waals surface area contributed by atoms with Crippen LogP contribution in [0.15, 0.2) is 24.3 Å². The van der Waals surface area contributed by atoms with E-state index in [0.717, 1.165) is 18.2 Å². The summed E-state index contributed by atoms with van der Waals surface area (Å²) < 4.78 is 5.74. The SMILES string of the molecule is CC(=O)c1cccc(OCCN2CCC[C@H](C)C2)c1. The van der Waals surface area contributed by atoms with Crippen molar-refractivity contribution < 1.29 is 9.53 Å². The summed E-state index contributed by atoms with van der Waals surface area (Å²) in [6.07, 6.45) is 2.64. The van der Waals surface area contributed by atoms with Crippen LogP contribution in [0, 0.1) is 5.92 Å². The third-order valence-corrected chi connectivity index (χ3v) is 3.66. The van der Waals surface area contributed by atoms with Crippen molar-refractivity contribution >= 4 is 5.78 Å². The molecule has 1 aromatic rings. The molecule has 0 unspecified atom stereocenters. The van der Waals surface area contributed by atoms with Gasteiger partial charge in [0.15, 0.2) is 5.78 Å². The average Bonchev–Trinajstić information content (AvgIpc) is 2.39. The molecule has 3 nitrogen and oxygen atoms in total. The van der Waals surface area contributed by atoms with Crippen LogP contribution in [0.2, 0.25) is 0 Å². The number of hydrogen-bond acceptors (Lipinski definition) is 3. The van der Waals surface area contributed by atoms with E-state index in [1.54, 1.807) is 6.92 Å². The van der Waals surface area contributed by atoms with E-state index in [1.165, 1.54) is 25.9 Å². The highest BCUT2D eigenvalue weighted by atomic mass is 16.5. The van der Waals surface area contributed by atoms with E-state index in [9.17, 15) is 4.79 Å². The fraction of sp³-hybridized carbons (Fsp3) is 0.562. The van der Waals surface area contributed by atoms with Crippen LogP contribution in [0.5, 0.6) is 5.75 Å². The average molecular weight is 261 g/mol. The molecule has 2 rings (SSSR count). The molecular formula is C16H23NO2. The minimum Gasteiger partial charge on any atom is -0.492 e. The highest BCUT2D eigenvalue weighted by Gasteiger charge is 2.15. The number of benzene rings is 1. The largest absolute Gasteiger partial charge is 0.492 e. The van der Waals surface area contributed by atoms with Gasteiger partial charge in [0.1, 0.15) is 12.4 Å². The number of carbonyl (C=O) groups is 1. The molecular weight excluding hydrogens is 238 g/mol. The van der Waals surface area contributed by atoms with Gasteiger partial charge in [0, 0.05) is 18.7 Å². The number of carbonyl (C=O) groups excluding carboxylic acids is 1. The fourth-order valence-electron chi connectivity index (χ4n) is 2.59. The standard InChI is InChI=1S/C16H23NO2/c1-13-5-4-8-17(12-13)9-10-19-16-7-3-6-15(11-16)14(2)18/h3,6-7,11,13H,4-5,8-10,12H2,1-2H3/t13-/m0/s1. The molecule has 1 saturated heterocycles. The van der Waals surface area contributed by atoms with Gasteiger partial charge in [-0.25, -0.2) is 0 Å². The minimum atomic E-state index is 0.0790. The Morgan fingerprint density at radius 1 is 1.47 bits per heavy atom. The van der Waals surface area contributed by atoms with Crippen LogP contribution in [-0.4, -0.2) is 36.9 Å². The van der Waals surface area contributed by atoms with Crippen molar-refractivity contribution in [2.45, 2.75) is 26.7 Å². The smallest absolute Gasteiger partial charge is 0.159 e. The first kappa shape index (κ1) is 14.1. The maximum atomic E-state index is 11.3. The summed E-state index contributed by atoms with van der Waals surface area (Å²) >= 11 is 0. The molecule has 1 aromatic carbocycles. The number of ether oxygens (including phenoxy) is 1. The van der Waals surface area contributed by atoms with Crippen molar-refractivity contribution in [3.8, 4) is 5.75 Å². The van der Waals surface area contributed by atoms with Crippen LogP contribution in [0.3, 0.4) is 0 Å². The van der Waals surface area contributed by atoms with Crippen molar-refractivity contribution in [3.63, 3.8) is 0 Å². The summed E-state index contributed by atoms with van der Waals surface area (Å²) in [6, 6.07) is 7.42. The Balaban J connectivity index is 1.79. The van der Waals surface area contributed by atoms with Crippen LogP contribution < -0.4 is 4.74 Å². The van der Waals surface area contributed by atoms with Gasteiger partial charge in [-0.1, -0.05) is 19.1 Å². The zero-order chi connectivity index (χ0) is 13.7. The lowest BCUT2D eigenvalue weighted by atomic mass is 10.0. The van der Waals surface area contributed by atoms with E-state index in [2.05, 4.69) is 11.8 Å². The van der Waals surface area contributed by atoms with Crippen molar-refractivity contribution in [2.75, 3.05) is 26.2 Å². The molecule has 1 atom stereocenters. The summed E-state index contributed by atoms with van der Waals surface area (Å²) in [4.78, 5) is 13.8. The quantitative estimate of drug-likeness (QED) is 0.763. The van der Waals surface area contributed by atoms with Gasteiger partial charge in [0.05, 0.1) is 0 Å². The molecule has 0 aliphatic carbocycles. The lowest BCUT2D eigenvalue weighted by Gasteiger charge is -2.30. The summed E-state index contributed by atoms with van der Waals surface area (Å²) in [5.41, 5.74) is 0.712. The normalized spacial score (nSPS) is 20.2. The zero-order valence-electron chi connectivity index (χ0n) is 11.9. The van der Waals surface area contributed by atoms with Gasteiger partial charge in [-0.2, -0.15) is 0 Å². The summed E-state index contributed by atoms with van der Waals surface area (Å²) in [6.45, 7) is 7.90. The summed E-state index contributed by atoms with van der Waals surface area (Å²) in [5, 5.41) is 0. The predicted molar refractivity (Wildman–Crippen MR) is 76.8 cm³/mol. The van der Waals surface area contributed by atoms with E-state index in [0.29, 0.717) is 12.2 Å². The summed E-state index contributed by atoms with van der Waals surface area (Å²) in [7, 11) is 0. The van der Waals surface area contributed by atoms with Gasteiger partial charge in [-0.15, -0.1) is 0 Å². The minimum absolute atomic E-state index is 0.0790. The maximum Gasteiger partial charge on any atom is 0.159 e. The number of likely N-dealkylation sites (tertiary alicyclic amines) is 1. The molecule has 19 heavy (non-hydrogen) atoms. The molecule has 0 N–H and O–H groups in total. The van der Waals surface area contributed by atoms with Crippen LogP contribution in [-0.2, 0) is 0 Å². The van der Waals surface area contributed by atoms with Gasteiger partial charge in [0.25, 0.3) is 0 Å². The number of Topliss-reactive ketones (excluding diaryl/α,β-unsaturated/α-hetero) is 1. The van der Waals surface area contributed by atoms with Crippen LogP contribution in [0.25, 0.3) is 0 Å². The van der Waals surface area contributed by atoms with Gasteiger partial charge in [-0.3, -0.25) is 9.69 Å². The molecule has 1 aliphatic rings. The van der Waals surface area contributed by atoms with E-state index in [-0.39, 0.29) is 5.78 Å². The third kappa shape index (κ3) is 4.35. The number of rotatable bonds is 5. The maximum absolute atomic E-state index is 11.3. The predicted octanol–water partition coefficient (Wildman–Crippen LogP) is 3.00. The van der Waals surface area contributed by atoms with E-state index >= 15 is 0 Å². The molecule has 1 aliphatic heterocycles. The fourth-order valence-corrected chi connectivity index (χ4v) is 2.59. The highest BCUT2D eigenvalue weighted by Crippen LogP contribution is 2.16.